The van der Waals surface area contributed by atoms with Crippen molar-refractivity contribution in [2.75, 3.05) is 19.0 Å². The van der Waals surface area contributed by atoms with Gasteiger partial charge in [0.1, 0.15) is 11.6 Å². The molecule has 2 amide bonds. The van der Waals surface area contributed by atoms with Gasteiger partial charge in [-0.2, -0.15) is 0 Å². The smallest absolute Gasteiger partial charge is 0.321 e. The molecule has 0 unspecified atom stereocenters. The van der Waals surface area contributed by atoms with Gasteiger partial charge in [-0.3, -0.25) is 0 Å². The third-order valence-corrected chi connectivity index (χ3v) is 4.49. The largest absolute Gasteiger partial charge is 0.489 e. The maximum absolute atomic E-state index is 13.5. The Kier molecular flexibility index (Phi) is 6.43. The van der Waals surface area contributed by atoms with Crippen molar-refractivity contribution in [1.29, 1.82) is 0 Å². The first kappa shape index (κ1) is 18.5. The summed E-state index contributed by atoms with van der Waals surface area (Å²) in [4.78, 5) is 14.2. The van der Waals surface area contributed by atoms with Crippen molar-refractivity contribution in [2.24, 2.45) is 5.92 Å². The summed E-state index contributed by atoms with van der Waals surface area (Å²) < 4.78 is 19.2. The number of hydrogen-bond donors (Lipinski definition) is 2. The number of hydrogen-bond acceptors (Lipinski definition) is 3. The average Bonchev–Trinajstić information content (AvgIpc) is 2.56. The van der Waals surface area contributed by atoms with Gasteiger partial charge < -0.3 is 20.1 Å². The molecule has 6 heteroatoms. The topological polar surface area (TPSA) is 61.8 Å². The summed E-state index contributed by atoms with van der Waals surface area (Å²) in [6.07, 6.45) is 3.50. The molecule has 24 heavy (non-hydrogen) atoms. The Labute approximate surface area is 142 Å². The molecule has 0 aromatic heterocycles. The van der Waals surface area contributed by atoms with Gasteiger partial charge in [0.25, 0.3) is 0 Å². The number of nitrogens with one attached hydrogen (secondary N) is 1. The zero-order valence-electron chi connectivity index (χ0n) is 14.6. The summed E-state index contributed by atoms with van der Waals surface area (Å²) in [6.45, 7) is 3.96. The van der Waals surface area contributed by atoms with Crippen LogP contribution in [0.4, 0.5) is 14.9 Å². The number of urea groups is 1. The SMILES string of the molecule is CC(C)Oc1ccc(F)cc1NC(=O)N(C)C1CCC(CO)CC1. The van der Waals surface area contributed by atoms with Crippen molar-refractivity contribution in [2.45, 2.75) is 51.7 Å². The van der Waals surface area contributed by atoms with Gasteiger partial charge in [0, 0.05) is 25.8 Å². The van der Waals surface area contributed by atoms with Gasteiger partial charge >= 0.3 is 6.03 Å². The highest BCUT2D eigenvalue weighted by Gasteiger charge is 2.26. The van der Waals surface area contributed by atoms with E-state index in [1.165, 1.54) is 18.2 Å². The predicted octanol–water partition coefficient (Wildman–Crippen LogP) is 3.63. The molecular formula is C18H27FN2O3. The van der Waals surface area contributed by atoms with Crippen LogP contribution in [0.1, 0.15) is 39.5 Å². The Balaban J connectivity index is 2.02. The van der Waals surface area contributed by atoms with E-state index in [2.05, 4.69) is 5.32 Å². The Morgan fingerprint density at radius 1 is 1.38 bits per heavy atom. The minimum absolute atomic E-state index is 0.0717. The standard InChI is InChI=1S/C18H27FN2O3/c1-12(2)24-17-9-6-14(19)10-16(17)20-18(23)21(3)15-7-4-13(11-22)5-8-15/h6,9-10,12-13,15,22H,4-5,7-8,11H2,1-3H3,(H,20,23). The number of ether oxygens (including phenoxy) is 1. The zero-order chi connectivity index (χ0) is 17.7. The van der Waals surface area contributed by atoms with Crippen LogP contribution in [0.15, 0.2) is 18.2 Å². The van der Waals surface area contributed by atoms with E-state index >= 15 is 0 Å². The summed E-state index contributed by atoms with van der Waals surface area (Å²) in [5, 5.41) is 12.0. The number of halogens is 1. The van der Waals surface area contributed by atoms with Crippen LogP contribution in [0.2, 0.25) is 0 Å². The second kappa shape index (κ2) is 8.33. The maximum atomic E-state index is 13.5. The van der Waals surface area contributed by atoms with Crippen LogP contribution in [0, 0.1) is 11.7 Å². The van der Waals surface area contributed by atoms with Gasteiger partial charge in [-0.15, -0.1) is 0 Å². The maximum Gasteiger partial charge on any atom is 0.321 e. The number of anilines is 1. The first-order valence-corrected chi connectivity index (χ1v) is 8.51. The molecule has 134 valence electrons. The molecule has 0 heterocycles. The van der Waals surface area contributed by atoms with Crippen molar-refractivity contribution in [3.8, 4) is 5.75 Å². The molecule has 0 aliphatic heterocycles. The molecule has 0 saturated heterocycles. The van der Waals surface area contributed by atoms with E-state index in [1.807, 2.05) is 13.8 Å². The molecule has 2 rings (SSSR count). The van der Waals surface area contributed by atoms with Crippen molar-refractivity contribution >= 4 is 11.7 Å². The second-order valence-corrected chi connectivity index (χ2v) is 6.71. The molecule has 1 aromatic rings. The minimum atomic E-state index is -0.424. The van der Waals surface area contributed by atoms with Crippen molar-refractivity contribution < 1.29 is 19.0 Å². The van der Waals surface area contributed by atoms with Crippen molar-refractivity contribution in [1.82, 2.24) is 4.90 Å². The van der Waals surface area contributed by atoms with Gasteiger partial charge in [0.05, 0.1) is 11.8 Å². The fraction of sp³-hybridized carbons (Fsp3) is 0.611. The highest BCUT2D eigenvalue weighted by molar-refractivity contribution is 5.91. The molecule has 1 aromatic carbocycles. The monoisotopic (exact) mass is 338 g/mol. The summed E-state index contributed by atoms with van der Waals surface area (Å²) in [5.41, 5.74) is 0.338. The van der Waals surface area contributed by atoms with Crippen LogP contribution in [0.25, 0.3) is 0 Å². The highest BCUT2D eigenvalue weighted by Crippen LogP contribution is 2.29. The lowest BCUT2D eigenvalue weighted by Crippen LogP contribution is -2.42. The molecule has 1 saturated carbocycles. The van der Waals surface area contributed by atoms with E-state index in [1.54, 1.807) is 11.9 Å². The van der Waals surface area contributed by atoms with Crippen LogP contribution >= 0.6 is 0 Å². The number of amides is 2. The van der Waals surface area contributed by atoms with Crippen LogP contribution in [0.3, 0.4) is 0 Å². The van der Waals surface area contributed by atoms with Gasteiger partial charge in [-0.05, 0) is 57.6 Å². The summed E-state index contributed by atoms with van der Waals surface area (Å²) >= 11 is 0. The third-order valence-electron chi connectivity index (χ3n) is 4.49. The number of rotatable bonds is 5. The third kappa shape index (κ3) is 4.84. The van der Waals surface area contributed by atoms with E-state index in [-0.39, 0.29) is 24.8 Å². The van der Waals surface area contributed by atoms with Gasteiger partial charge in [-0.1, -0.05) is 0 Å². The Morgan fingerprint density at radius 3 is 2.62 bits per heavy atom. The second-order valence-electron chi connectivity index (χ2n) is 6.71. The lowest BCUT2D eigenvalue weighted by atomic mass is 9.86. The van der Waals surface area contributed by atoms with Crippen molar-refractivity contribution in [3.05, 3.63) is 24.0 Å². The molecular weight excluding hydrogens is 311 g/mol. The number of carbonyl (C=O) groups is 1. The van der Waals surface area contributed by atoms with E-state index < -0.39 is 5.82 Å². The first-order valence-electron chi connectivity index (χ1n) is 8.51. The molecule has 1 aliphatic rings. The minimum Gasteiger partial charge on any atom is -0.489 e. The fourth-order valence-electron chi connectivity index (χ4n) is 3.04. The Morgan fingerprint density at radius 2 is 2.04 bits per heavy atom. The van der Waals surface area contributed by atoms with Crippen LogP contribution in [-0.2, 0) is 0 Å². The van der Waals surface area contributed by atoms with E-state index in [4.69, 9.17) is 4.74 Å². The molecule has 0 spiro atoms. The van der Waals surface area contributed by atoms with Crippen LogP contribution in [0.5, 0.6) is 5.75 Å². The van der Waals surface area contributed by atoms with Crippen molar-refractivity contribution in [3.63, 3.8) is 0 Å². The van der Waals surface area contributed by atoms with E-state index in [0.717, 1.165) is 25.7 Å². The normalized spacial score (nSPS) is 20.8. The molecule has 2 N–H and O–H groups in total. The van der Waals surface area contributed by atoms with Crippen LogP contribution < -0.4 is 10.1 Å². The van der Waals surface area contributed by atoms with E-state index in [0.29, 0.717) is 17.4 Å². The quantitative estimate of drug-likeness (QED) is 0.862. The number of nitrogens with zero attached hydrogens (tertiary/aromatic N) is 1. The Bertz CT molecular complexity index is 557. The number of aliphatic hydroxyl groups is 1. The summed E-state index contributed by atoms with van der Waals surface area (Å²) in [7, 11) is 1.75. The molecule has 1 fully saturated rings. The lowest BCUT2D eigenvalue weighted by molar-refractivity contribution is 0.139. The lowest BCUT2D eigenvalue weighted by Gasteiger charge is -2.34. The van der Waals surface area contributed by atoms with Gasteiger partial charge in [0.2, 0.25) is 0 Å². The summed E-state index contributed by atoms with van der Waals surface area (Å²) in [6, 6.07) is 3.97. The van der Waals surface area contributed by atoms with E-state index in [9.17, 15) is 14.3 Å². The first-order chi connectivity index (χ1) is 11.4. The predicted molar refractivity (Wildman–Crippen MR) is 91.8 cm³/mol. The number of aliphatic hydroxyl groups excluding tert-OH is 1. The molecule has 0 bridgehead atoms. The summed E-state index contributed by atoms with van der Waals surface area (Å²) in [5.74, 6) is 0.372. The number of carbonyl (C=O) groups excluding carboxylic acids is 1. The molecule has 0 radical (unpaired) electrons. The number of benzene rings is 1. The Hall–Kier alpha value is -1.82. The fourth-order valence-corrected chi connectivity index (χ4v) is 3.04. The molecule has 1 aliphatic carbocycles. The highest BCUT2D eigenvalue weighted by atomic mass is 19.1. The van der Waals surface area contributed by atoms with Gasteiger partial charge in [0.15, 0.2) is 0 Å². The average molecular weight is 338 g/mol. The van der Waals surface area contributed by atoms with Gasteiger partial charge in [-0.25, -0.2) is 9.18 Å². The molecule has 0 atom stereocenters. The molecule has 5 nitrogen and oxygen atoms in total. The van der Waals surface area contributed by atoms with Crippen LogP contribution in [-0.4, -0.2) is 41.8 Å². The zero-order valence-corrected chi connectivity index (χ0v) is 14.6.